The second-order valence-corrected chi connectivity index (χ2v) is 4.14. The van der Waals surface area contributed by atoms with Gasteiger partial charge in [0, 0.05) is 19.2 Å². The number of hydrogen-bond donors (Lipinski definition) is 2. The first-order chi connectivity index (χ1) is 6.15. The Balaban J connectivity index is 2.31. The summed E-state index contributed by atoms with van der Waals surface area (Å²) in [7, 11) is 0. The number of nitrogens with zero attached hydrogens (tertiary/aromatic N) is 1. The van der Waals surface area contributed by atoms with Gasteiger partial charge in [0.15, 0.2) is 0 Å². The Bertz CT molecular complexity index is 150. The molecule has 3 heteroatoms. The lowest BCUT2D eigenvalue weighted by molar-refractivity contribution is 0.0825. The summed E-state index contributed by atoms with van der Waals surface area (Å²) in [6.07, 6.45) is 1.81. The Morgan fingerprint density at radius 2 is 2.15 bits per heavy atom. The molecule has 1 aliphatic rings. The van der Waals surface area contributed by atoms with Gasteiger partial charge in [-0.3, -0.25) is 4.90 Å². The van der Waals surface area contributed by atoms with E-state index < -0.39 is 0 Å². The van der Waals surface area contributed by atoms with E-state index in [9.17, 15) is 5.11 Å². The topological polar surface area (TPSA) is 43.7 Å². The van der Waals surface area contributed by atoms with Crippen LogP contribution in [0.5, 0.6) is 0 Å². The van der Waals surface area contributed by atoms with Crippen molar-refractivity contribution in [3.8, 4) is 0 Å². The van der Waals surface area contributed by atoms with Gasteiger partial charge >= 0.3 is 0 Å². The van der Waals surface area contributed by atoms with Crippen molar-refractivity contribution in [2.75, 3.05) is 19.7 Å². The zero-order valence-electron chi connectivity index (χ0n) is 8.61. The van der Waals surface area contributed by atoms with E-state index in [4.69, 9.17) is 5.11 Å². The molecule has 1 saturated heterocycles. The van der Waals surface area contributed by atoms with Gasteiger partial charge in [0.1, 0.15) is 0 Å². The third kappa shape index (κ3) is 2.93. The van der Waals surface area contributed by atoms with Crippen LogP contribution in [0.3, 0.4) is 0 Å². The van der Waals surface area contributed by atoms with Crippen molar-refractivity contribution in [1.29, 1.82) is 0 Å². The van der Waals surface area contributed by atoms with Crippen molar-refractivity contribution >= 4 is 0 Å². The first-order valence-electron chi connectivity index (χ1n) is 5.18. The van der Waals surface area contributed by atoms with Crippen LogP contribution in [0.15, 0.2) is 0 Å². The maximum atomic E-state index is 9.41. The Labute approximate surface area is 80.4 Å². The quantitative estimate of drug-likeness (QED) is 0.672. The molecule has 0 aromatic carbocycles. The molecule has 1 aliphatic heterocycles. The summed E-state index contributed by atoms with van der Waals surface area (Å²) in [5, 5.41) is 18.2. The molecule has 3 nitrogen and oxygen atoms in total. The lowest BCUT2D eigenvalue weighted by atomic mass is 10.1. The highest BCUT2D eigenvalue weighted by Gasteiger charge is 2.27. The van der Waals surface area contributed by atoms with E-state index in [0.29, 0.717) is 12.5 Å². The molecule has 0 radical (unpaired) electrons. The van der Waals surface area contributed by atoms with Gasteiger partial charge in [-0.15, -0.1) is 0 Å². The highest BCUT2D eigenvalue weighted by molar-refractivity contribution is 4.81. The molecule has 2 N–H and O–H groups in total. The SMILES string of the molecule is CC(O)C(C)N1CCC(CCO)C1. The van der Waals surface area contributed by atoms with E-state index >= 15 is 0 Å². The van der Waals surface area contributed by atoms with Gasteiger partial charge in [-0.2, -0.15) is 0 Å². The molecule has 13 heavy (non-hydrogen) atoms. The van der Waals surface area contributed by atoms with Crippen molar-refractivity contribution in [2.45, 2.75) is 38.8 Å². The Kier molecular flexibility index (Phi) is 4.16. The van der Waals surface area contributed by atoms with Crippen molar-refractivity contribution in [2.24, 2.45) is 5.92 Å². The van der Waals surface area contributed by atoms with Crippen LogP contribution in [0.2, 0.25) is 0 Å². The monoisotopic (exact) mass is 187 g/mol. The van der Waals surface area contributed by atoms with Crippen LogP contribution in [-0.4, -0.2) is 47.0 Å². The fourth-order valence-electron chi connectivity index (χ4n) is 1.96. The summed E-state index contributed by atoms with van der Waals surface area (Å²) in [5.74, 6) is 0.631. The molecule has 0 aliphatic carbocycles. The minimum absolute atomic E-state index is 0.253. The maximum absolute atomic E-state index is 9.41. The first kappa shape index (κ1) is 11.0. The molecular weight excluding hydrogens is 166 g/mol. The normalized spacial score (nSPS) is 29.1. The summed E-state index contributed by atoms with van der Waals surface area (Å²) in [4.78, 5) is 2.31. The number of aliphatic hydroxyl groups is 2. The van der Waals surface area contributed by atoms with Gasteiger partial charge in [-0.05, 0) is 39.2 Å². The predicted molar refractivity (Wildman–Crippen MR) is 52.5 cm³/mol. The predicted octanol–water partition coefficient (Wildman–Crippen LogP) is 0.460. The molecule has 0 aromatic heterocycles. The summed E-state index contributed by atoms with van der Waals surface area (Å²) in [6, 6.07) is 0.253. The van der Waals surface area contributed by atoms with E-state index in [1.165, 1.54) is 0 Å². The fourth-order valence-corrected chi connectivity index (χ4v) is 1.96. The van der Waals surface area contributed by atoms with Crippen LogP contribution in [0.4, 0.5) is 0 Å². The zero-order chi connectivity index (χ0) is 9.84. The molecular formula is C10H21NO2. The van der Waals surface area contributed by atoms with Gasteiger partial charge in [-0.1, -0.05) is 0 Å². The summed E-state index contributed by atoms with van der Waals surface area (Å²) in [5.41, 5.74) is 0. The van der Waals surface area contributed by atoms with Crippen molar-refractivity contribution in [3.63, 3.8) is 0 Å². The van der Waals surface area contributed by atoms with Gasteiger partial charge in [-0.25, -0.2) is 0 Å². The summed E-state index contributed by atoms with van der Waals surface area (Å²) >= 11 is 0. The molecule has 0 amide bonds. The van der Waals surface area contributed by atoms with Gasteiger partial charge in [0.2, 0.25) is 0 Å². The summed E-state index contributed by atoms with van der Waals surface area (Å²) < 4.78 is 0. The average Bonchev–Trinajstić information content (AvgIpc) is 2.52. The molecule has 0 saturated carbocycles. The fraction of sp³-hybridized carbons (Fsp3) is 1.00. The Morgan fingerprint density at radius 3 is 2.69 bits per heavy atom. The largest absolute Gasteiger partial charge is 0.396 e. The minimum Gasteiger partial charge on any atom is -0.396 e. The van der Waals surface area contributed by atoms with E-state index in [-0.39, 0.29) is 12.1 Å². The standard InChI is InChI=1S/C10H21NO2/c1-8(9(2)13)11-5-3-10(7-11)4-6-12/h8-10,12-13H,3-7H2,1-2H3. The third-order valence-corrected chi connectivity index (χ3v) is 3.13. The molecule has 0 bridgehead atoms. The van der Waals surface area contributed by atoms with Crippen molar-refractivity contribution < 1.29 is 10.2 Å². The molecule has 0 spiro atoms. The van der Waals surface area contributed by atoms with Crippen LogP contribution in [0.1, 0.15) is 26.7 Å². The molecule has 1 heterocycles. The minimum atomic E-state index is -0.257. The van der Waals surface area contributed by atoms with E-state index in [1.54, 1.807) is 0 Å². The van der Waals surface area contributed by atoms with Crippen LogP contribution < -0.4 is 0 Å². The molecule has 3 atom stereocenters. The number of likely N-dealkylation sites (tertiary alicyclic amines) is 1. The van der Waals surface area contributed by atoms with Gasteiger partial charge in [0.25, 0.3) is 0 Å². The summed E-state index contributed by atoms with van der Waals surface area (Å²) in [6.45, 7) is 6.29. The average molecular weight is 187 g/mol. The Hall–Kier alpha value is -0.120. The van der Waals surface area contributed by atoms with Crippen molar-refractivity contribution in [1.82, 2.24) is 4.90 Å². The lowest BCUT2D eigenvalue weighted by Crippen LogP contribution is -2.38. The van der Waals surface area contributed by atoms with Crippen LogP contribution >= 0.6 is 0 Å². The van der Waals surface area contributed by atoms with Gasteiger partial charge in [0.05, 0.1) is 6.10 Å². The van der Waals surface area contributed by atoms with Crippen LogP contribution in [-0.2, 0) is 0 Å². The highest BCUT2D eigenvalue weighted by Crippen LogP contribution is 2.22. The second-order valence-electron chi connectivity index (χ2n) is 4.14. The molecule has 3 unspecified atom stereocenters. The molecule has 0 aromatic rings. The van der Waals surface area contributed by atoms with Gasteiger partial charge < -0.3 is 10.2 Å². The highest BCUT2D eigenvalue weighted by atomic mass is 16.3. The first-order valence-corrected chi connectivity index (χ1v) is 5.18. The number of hydrogen-bond acceptors (Lipinski definition) is 3. The second kappa shape index (κ2) is 4.94. The van der Waals surface area contributed by atoms with Crippen LogP contribution in [0, 0.1) is 5.92 Å². The smallest absolute Gasteiger partial charge is 0.0664 e. The van der Waals surface area contributed by atoms with Crippen molar-refractivity contribution in [3.05, 3.63) is 0 Å². The molecule has 78 valence electrons. The maximum Gasteiger partial charge on any atom is 0.0664 e. The molecule has 1 fully saturated rings. The Morgan fingerprint density at radius 1 is 1.46 bits per heavy atom. The third-order valence-electron chi connectivity index (χ3n) is 3.13. The van der Waals surface area contributed by atoms with E-state index in [0.717, 1.165) is 25.9 Å². The number of rotatable bonds is 4. The number of aliphatic hydroxyl groups excluding tert-OH is 2. The van der Waals surface area contributed by atoms with E-state index in [1.807, 2.05) is 6.92 Å². The zero-order valence-corrected chi connectivity index (χ0v) is 8.61. The lowest BCUT2D eigenvalue weighted by Gasteiger charge is -2.26. The van der Waals surface area contributed by atoms with E-state index in [2.05, 4.69) is 11.8 Å². The molecule has 1 rings (SSSR count). The van der Waals surface area contributed by atoms with Crippen LogP contribution in [0.25, 0.3) is 0 Å².